The summed E-state index contributed by atoms with van der Waals surface area (Å²) in [5.41, 5.74) is 5.06. The minimum absolute atomic E-state index is 0. The van der Waals surface area contributed by atoms with Gasteiger partial charge in [0.2, 0.25) is 0 Å². The van der Waals surface area contributed by atoms with Crippen LogP contribution in [0.3, 0.4) is 0 Å². The van der Waals surface area contributed by atoms with Crippen molar-refractivity contribution in [2.24, 2.45) is 0 Å². The molecule has 2 heterocycles. The minimum atomic E-state index is -2.83. The molecule has 199 valence electrons. The van der Waals surface area contributed by atoms with Crippen LogP contribution in [0, 0.1) is 19.1 Å². The second-order valence-corrected chi connectivity index (χ2v) is 11.7. The Hall–Kier alpha value is -3.94. The van der Waals surface area contributed by atoms with Crippen molar-refractivity contribution in [3.05, 3.63) is 164 Å². The first kappa shape index (κ1) is 29.1. The van der Waals surface area contributed by atoms with Crippen LogP contribution in [-0.2, 0) is 24.7 Å². The van der Waals surface area contributed by atoms with Gasteiger partial charge in [-0.2, -0.15) is 30.3 Å². The van der Waals surface area contributed by atoms with Crippen LogP contribution in [0.25, 0.3) is 22.5 Å². The van der Waals surface area contributed by atoms with Gasteiger partial charge in [0.25, 0.3) is 0 Å². The molecule has 3 nitrogen and oxygen atoms in total. The maximum Gasteiger partial charge on any atom is 0.147 e. The third-order valence-corrected chi connectivity index (χ3v) is 9.24. The second kappa shape index (κ2) is 13.9. The molecular formula is C35H27IrN2OP-2. The third kappa shape index (κ3) is 6.61. The molecule has 0 unspecified atom stereocenters. The molecule has 0 aliphatic carbocycles. The Bertz CT molecular complexity index is 1560. The van der Waals surface area contributed by atoms with Crippen molar-refractivity contribution in [2.45, 2.75) is 6.92 Å². The zero-order valence-electron chi connectivity index (χ0n) is 21.9. The summed E-state index contributed by atoms with van der Waals surface area (Å²) >= 11 is 0. The van der Waals surface area contributed by atoms with Crippen LogP contribution in [0.5, 0.6) is 0 Å². The number of aryl methyl sites for hydroxylation is 1. The van der Waals surface area contributed by atoms with Crippen molar-refractivity contribution in [3.8, 4) is 22.5 Å². The van der Waals surface area contributed by atoms with Gasteiger partial charge in [0.1, 0.15) is 7.14 Å². The summed E-state index contributed by atoms with van der Waals surface area (Å²) in [5.74, 6) is 0. The van der Waals surface area contributed by atoms with Gasteiger partial charge in [0.15, 0.2) is 0 Å². The van der Waals surface area contributed by atoms with Crippen molar-refractivity contribution < 1.29 is 24.7 Å². The molecule has 0 saturated carbocycles. The van der Waals surface area contributed by atoms with Crippen molar-refractivity contribution in [1.29, 1.82) is 0 Å². The van der Waals surface area contributed by atoms with Crippen LogP contribution in [0.4, 0.5) is 0 Å². The van der Waals surface area contributed by atoms with Crippen molar-refractivity contribution in [2.75, 3.05) is 0 Å². The average Bonchev–Trinajstić information content (AvgIpc) is 3.03. The Morgan fingerprint density at radius 2 is 1.25 bits per heavy atom. The van der Waals surface area contributed by atoms with E-state index in [0.29, 0.717) is 0 Å². The first-order chi connectivity index (χ1) is 19.2. The predicted octanol–water partition coefficient (Wildman–Crippen LogP) is 7.04. The van der Waals surface area contributed by atoms with Gasteiger partial charge in [-0.05, 0) is 30.3 Å². The Morgan fingerprint density at radius 3 is 1.82 bits per heavy atom. The Morgan fingerprint density at radius 1 is 0.600 bits per heavy atom. The van der Waals surface area contributed by atoms with Gasteiger partial charge in [-0.1, -0.05) is 89.7 Å². The van der Waals surface area contributed by atoms with E-state index in [1.807, 2.05) is 134 Å². The van der Waals surface area contributed by atoms with Crippen LogP contribution in [0.1, 0.15) is 5.56 Å². The number of rotatable bonds is 5. The molecule has 0 aliphatic rings. The Labute approximate surface area is 249 Å². The van der Waals surface area contributed by atoms with E-state index in [-0.39, 0.29) is 20.1 Å². The van der Waals surface area contributed by atoms with Gasteiger partial charge >= 0.3 is 0 Å². The van der Waals surface area contributed by atoms with Crippen LogP contribution in [-0.4, -0.2) is 9.97 Å². The zero-order chi connectivity index (χ0) is 26.9. The molecule has 0 bridgehead atoms. The molecule has 0 aliphatic heterocycles. The number of aromatic nitrogens is 2. The number of hydrogen-bond acceptors (Lipinski definition) is 3. The summed E-state index contributed by atoms with van der Waals surface area (Å²) < 4.78 is 13.8. The molecule has 0 atom stereocenters. The standard InChI is InChI=1S/C18H14OP.C17H13N2.Ir/c19-20(16-10-4-1-5-11-16,17-12-6-2-7-13-17)18-14-8-3-9-15-18;1-13-9-10-17(19-12-13)15-7-3-2-6-14(15)16-8-4-5-11-18-16;/h1-14H;2-5,7-12H,1H3;/q2*-1;. The minimum Gasteiger partial charge on any atom is -0.311 e. The van der Waals surface area contributed by atoms with Gasteiger partial charge in [0, 0.05) is 48.8 Å². The molecule has 1 radical (unpaired) electrons. The van der Waals surface area contributed by atoms with Crippen LogP contribution < -0.4 is 15.9 Å². The summed E-state index contributed by atoms with van der Waals surface area (Å²) in [5, 5.41) is 2.43. The molecule has 40 heavy (non-hydrogen) atoms. The SMILES string of the molecule is Cc1ccc(-c2ccc[c-]c2-c2ccccn2)nc1.O=P(c1[c-]cccc1)(c1ccccc1)c1ccccc1.[Ir]. The fraction of sp³-hybridized carbons (Fsp3) is 0.0286. The van der Waals surface area contributed by atoms with E-state index < -0.39 is 7.14 Å². The van der Waals surface area contributed by atoms with Crippen molar-refractivity contribution >= 4 is 23.1 Å². The third-order valence-electron chi connectivity index (χ3n) is 6.24. The maximum absolute atomic E-state index is 13.8. The van der Waals surface area contributed by atoms with Crippen molar-refractivity contribution in [1.82, 2.24) is 9.97 Å². The van der Waals surface area contributed by atoms with Gasteiger partial charge in [0.05, 0.1) is 0 Å². The van der Waals surface area contributed by atoms with Gasteiger partial charge in [-0.3, -0.25) is 4.98 Å². The average molecular weight is 715 g/mol. The van der Waals surface area contributed by atoms with E-state index in [1.54, 1.807) is 6.20 Å². The summed E-state index contributed by atoms with van der Waals surface area (Å²) in [7, 11) is -2.83. The Kier molecular flexibility index (Phi) is 10.1. The van der Waals surface area contributed by atoms with Crippen LogP contribution >= 0.6 is 7.14 Å². The fourth-order valence-electron chi connectivity index (χ4n) is 4.28. The normalized spacial score (nSPS) is 10.5. The molecule has 0 amide bonds. The Balaban J connectivity index is 0.000000181. The van der Waals surface area contributed by atoms with E-state index in [4.69, 9.17) is 0 Å². The maximum atomic E-state index is 13.8. The number of hydrogen-bond donors (Lipinski definition) is 0. The molecule has 0 saturated heterocycles. The molecule has 6 rings (SSSR count). The number of pyridine rings is 2. The number of nitrogens with zero attached hydrogens (tertiary/aromatic N) is 2. The first-order valence-corrected chi connectivity index (χ1v) is 14.4. The first-order valence-electron chi connectivity index (χ1n) is 12.7. The van der Waals surface area contributed by atoms with Crippen LogP contribution in [0.2, 0.25) is 0 Å². The fourth-order valence-corrected chi connectivity index (χ4v) is 6.87. The van der Waals surface area contributed by atoms with Gasteiger partial charge in [-0.25, -0.2) is 0 Å². The summed E-state index contributed by atoms with van der Waals surface area (Å²) in [6.07, 6.45) is 3.67. The monoisotopic (exact) mass is 715 g/mol. The molecular weight excluding hydrogens is 688 g/mol. The smallest absolute Gasteiger partial charge is 0.147 e. The molecule has 6 aromatic rings. The topological polar surface area (TPSA) is 42.9 Å². The van der Waals surface area contributed by atoms with E-state index in [0.717, 1.165) is 44.0 Å². The molecule has 0 N–H and O–H groups in total. The zero-order valence-corrected chi connectivity index (χ0v) is 25.2. The van der Waals surface area contributed by atoms with Crippen LogP contribution in [0.15, 0.2) is 146 Å². The van der Waals surface area contributed by atoms with E-state index in [1.165, 1.54) is 0 Å². The predicted molar refractivity (Wildman–Crippen MR) is 161 cm³/mol. The molecule has 0 fully saturated rings. The van der Waals surface area contributed by atoms with E-state index in [9.17, 15) is 4.57 Å². The van der Waals surface area contributed by atoms with Gasteiger partial charge < -0.3 is 9.55 Å². The van der Waals surface area contributed by atoms with Crippen molar-refractivity contribution in [3.63, 3.8) is 0 Å². The second-order valence-electron chi connectivity index (χ2n) is 8.92. The quantitative estimate of drug-likeness (QED) is 0.142. The van der Waals surface area contributed by atoms with Gasteiger partial charge in [-0.15, -0.1) is 29.8 Å². The van der Waals surface area contributed by atoms with E-state index >= 15 is 0 Å². The molecule has 2 aromatic heterocycles. The summed E-state index contributed by atoms with van der Waals surface area (Å²) in [6, 6.07) is 49.1. The molecule has 5 heteroatoms. The number of benzene rings is 4. The summed E-state index contributed by atoms with van der Waals surface area (Å²) in [6.45, 7) is 2.04. The molecule has 0 spiro atoms. The van der Waals surface area contributed by atoms with E-state index in [2.05, 4.69) is 34.2 Å². The molecule has 4 aromatic carbocycles. The largest absolute Gasteiger partial charge is 0.311 e. The summed E-state index contributed by atoms with van der Waals surface area (Å²) in [4.78, 5) is 8.88.